The molecule has 5 rings (SSSR count). The Morgan fingerprint density at radius 2 is 1.55 bits per heavy atom. The van der Waals surface area contributed by atoms with Crippen molar-refractivity contribution in [2.75, 3.05) is 0 Å². The second-order valence-corrected chi connectivity index (χ2v) is 7.04. The van der Waals surface area contributed by atoms with Gasteiger partial charge in [-0.3, -0.25) is 0 Å². The fourth-order valence-corrected chi connectivity index (χ4v) is 4.86. The molecule has 2 aromatic carbocycles. The summed E-state index contributed by atoms with van der Waals surface area (Å²) in [6.45, 7) is 4.40. The van der Waals surface area contributed by atoms with E-state index < -0.39 is 6.10 Å². The van der Waals surface area contributed by atoms with Crippen LogP contribution in [0.15, 0.2) is 48.5 Å². The SMILES string of the molecule is C#C[C@@H](O)[C@@]1(C)CC2c3ccccc3C1(C)c1ccccc12. The first kappa shape index (κ1) is 13.6. The minimum Gasteiger partial charge on any atom is -0.380 e. The van der Waals surface area contributed by atoms with E-state index in [0.29, 0.717) is 5.92 Å². The van der Waals surface area contributed by atoms with E-state index in [9.17, 15) is 5.11 Å². The summed E-state index contributed by atoms with van der Waals surface area (Å²) >= 11 is 0. The smallest absolute Gasteiger partial charge is 0.121 e. The second-order valence-electron chi connectivity index (χ2n) is 7.04. The lowest BCUT2D eigenvalue weighted by atomic mass is 9.44. The van der Waals surface area contributed by atoms with E-state index in [1.165, 1.54) is 22.3 Å². The minimum atomic E-state index is -0.748. The zero-order valence-corrected chi connectivity index (χ0v) is 13.0. The van der Waals surface area contributed by atoms with E-state index in [1.54, 1.807) is 0 Å². The summed E-state index contributed by atoms with van der Waals surface area (Å²) in [4.78, 5) is 0. The quantitative estimate of drug-likeness (QED) is 0.790. The van der Waals surface area contributed by atoms with Crippen molar-refractivity contribution in [3.8, 4) is 12.3 Å². The number of fused-ring (bicyclic) bond motifs is 1. The van der Waals surface area contributed by atoms with E-state index in [2.05, 4.69) is 68.3 Å². The maximum Gasteiger partial charge on any atom is 0.121 e. The van der Waals surface area contributed by atoms with Gasteiger partial charge in [0.2, 0.25) is 0 Å². The molecule has 1 nitrogen and oxygen atoms in total. The Bertz CT molecular complexity index is 750. The molecule has 3 aliphatic rings. The largest absolute Gasteiger partial charge is 0.380 e. The molecule has 0 saturated heterocycles. The number of hydrogen-bond donors (Lipinski definition) is 1. The molecule has 0 aromatic heterocycles. The molecule has 1 N–H and O–H groups in total. The van der Waals surface area contributed by atoms with Crippen LogP contribution >= 0.6 is 0 Å². The van der Waals surface area contributed by atoms with Crippen LogP contribution in [0.25, 0.3) is 0 Å². The summed E-state index contributed by atoms with van der Waals surface area (Å²) in [7, 11) is 0. The van der Waals surface area contributed by atoms with E-state index >= 15 is 0 Å². The Labute approximate surface area is 132 Å². The van der Waals surface area contributed by atoms with Crippen molar-refractivity contribution in [1.82, 2.24) is 0 Å². The normalized spacial score (nSPS) is 32.7. The number of terminal acetylenes is 1. The third kappa shape index (κ3) is 1.35. The summed E-state index contributed by atoms with van der Waals surface area (Å²) in [6, 6.07) is 17.3. The first-order valence-electron chi connectivity index (χ1n) is 7.87. The van der Waals surface area contributed by atoms with Crippen molar-refractivity contribution in [3.05, 3.63) is 70.8 Å². The predicted octanol–water partition coefficient (Wildman–Crippen LogP) is 3.84. The monoisotopic (exact) mass is 288 g/mol. The van der Waals surface area contributed by atoms with Crippen molar-refractivity contribution in [2.24, 2.45) is 5.41 Å². The highest BCUT2D eigenvalue weighted by Crippen LogP contribution is 2.65. The van der Waals surface area contributed by atoms with Gasteiger partial charge in [-0.05, 0) is 28.7 Å². The average molecular weight is 288 g/mol. The van der Waals surface area contributed by atoms with E-state index in [1.807, 2.05) is 0 Å². The number of hydrogen-bond acceptors (Lipinski definition) is 1. The highest BCUT2D eigenvalue weighted by Gasteiger charge is 2.60. The molecule has 1 heteroatoms. The molecule has 2 bridgehead atoms. The average Bonchev–Trinajstić information content (AvgIpc) is 2.57. The van der Waals surface area contributed by atoms with Gasteiger partial charge in [-0.2, -0.15) is 0 Å². The molecule has 0 heterocycles. The summed E-state index contributed by atoms with van der Waals surface area (Å²) in [5, 5.41) is 10.6. The van der Waals surface area contributed by atoms with Gasteiger partial charge in [0.1, 0.15) is 6.10 Å². The van der Waals surface area contributed by atoms with Crippen LogP contribution in [0.4, 0.5) is 0 Å². The third-order valence-corrected chi connectivity index (χ3v) is 6.28. The Kier molecular flexibility index (Phi) is 2.63. The maximum atomic E-state index is 10.6. The summed E-state index contributed by atoms with van der Waals surface area (Å²) < 4.78 is 0. The Morgan fingerprint density at radius 3 is 2.05 bits per heavy atom. The standard InChI is InChI=1S/C21H20O/c1-4-19(22)20(2)13-16-14-9-5-7-11-17(14)21(20,3)18-12-8-6-10-15(16)18/h1,5-12,16,19,22H,13H2,2-3H3/t16?,19-,20-,21?/m1/s1. The van der Waals surface area contributed by atoms with Crippen LogP contribution in [0.3, 0.4) is 0 Å². The van der Waals surface area contributed by atoms with Gasteiger partial charge >= 0.3 is 0 Å². The number of aliphatic hydroxyl groups is 1. The van der Waals surface area contributed by atoms with Crippen molar-refractivity contribution in [2.45, 2.75) is 37.7 Å². The molecule has 0 radical (unpaired) electrons. The molecular weight excluding hydrogens is 268 g/mol. The molecule has 0 unspecified atom stereocenters. The molecule has 0 aliphatic heterocycles. The first-order chi connectivity index (χ1) is 10.5. The van der Waals surface area contributed by atoms with Crippen molar-refractivity contribution >= 4 is 0 Å². The van der Waals surface area contributed by atoms with Crippen molar-refractivity contribution in [1.29, 1.82) is 0 Å². The van der Waals surface area contributed by atoms with E-state index in [-0.39, 0.29) is 10.8 Å². The molecule has 0 fully saturated rings. The highest BCUT2D eigenvalue weighted by molar-refractivity contribution is 5.61. The van der Waals surface area contributed by atoms with Crippen LogP contribution in [0.5, 0.6) is 0 Å². The molecule has 0 spiro atoms. The van der Waals surface area contributed by atoms with Crippen LogP contribution < -0.4 is 0 Å². The second kappa shape index (κ2) is 4.24. The Morgan fingerprint density at radius 1 is 1.05 bits per heavy atom. The van der Waals surface area contributed by atoms with E-state index in [0.717, 1.165) is 6.42 Å². The van der Waals surface area contributed by atoms with E-state index in [4.69, 9.17) is 6.42 Å². The van der Waals surface area contributed by atoms with Crippen LogP contribution in [-0.2, 0) is 5.41 Å². The van der Waals surface area contributed by atoms with Gasteiger partial charge in [0, 0.05) is 16.7 Å². The fourth-order valence-electron chi connectivity index (χ4n) is 4.86. The zero-order valence-electron chi connectivity index (χ0n) is 13.0. The molecule has 2 atom stereocenters. The van der Waals surface area contributed by atoms with Crippen LogP contribution in [0.1, 0.15) is 48.4 Å². The third-order valence-electron chi connectivity index (χ3n) is 6.28. The zero-order chi connectivity index (χ0) is 15.5. The fraction of sp³-hybridized carbons (Fsp3) is 0.333. The lowest BCUT2D eigenvalue weighted by Crippen LogP contribution is -2.56. The summed E-state index contributed by atoms with van der Waals surface area (Å²) in [5.41, 5.74) is 4.81. The molecular formula is C21H20O. The maximum absolute atomic E-state index is 10.6. The van der Waals surface area contributed by atoms with Crippen molar-refractivity contribution < 1.29 is 5.11 Å². The minimum absolute atomic E-state index is 0.263. The van der Waals surface area contributed by atoms with Crippen LogP contribution in [-0.4, -0.2) is 11.2 Å². The Hall–Kier alpha value is -2.04. The lowest BCUT2D eigenvalue weighted by molar-refractivity contribution is 0.00512. The van der Waals surface area contributed by atoms with Crippen LogP contribution in [0, 0.1) is 17.8 Å². The first-order valence-corrected chi connectivity index (χ1v) is 7.87. The van der Waals surface area contributed by atoms with Gasteiger partial charge < -0.3 is 5.11 Å². The molecule has 2 aromatic rings. The van der Waals surface area contributed by atoms with Gasteiger partial charge in [0.15, 0.2) is 0 Å². The van der Waals surface area contributed by atoms with Gasteiger partial charge in [-0.25, -0.2) is 0 Å². The molecule has 0 amide bonds. The Balaban J connectivity index is 2.10. The van der Waals surface area contributed by atoms with Gasteiger partial charge in [0.25, 0.3) is 0 Å². The predicted molar refractivity (Wildman–Crippen MR) is 88.7 cm³/mol. The number of rotatable bonds is 1. The van der Waals surface area contributed by atoms with Crippen LogP contribution in [0.2, 0.25) is 0 Å². The van der Waals surface area contributed by atoms with Gasteiger partial charge in [-0.15, -0.1) is 6.42 Å². The van der Waals surface area contributed by atoms with Gasteiger partial charge in [-0.1, -0.05) is 68.3 Å². The highest BCUT2D eigenvalue weighted by atomic mass is 16.3. The summed E-state index contributed by atoms with van der Waals surface area (Å²) in [6.07, 6.45) is 5.76. The molecule has 110 valence electrons. The molecule has 22 heavy (non-hydrogen) atoms. The number of aliphatic hydroxyl groups excluding tert-OH is 1. The molecule has 0 saturated carbocycles. The van der Waals surface area contributed by atoms with Crippen molar-refractivity contribution in [3.63, 3.8) is 0 Å². The number of benzene rings is 2. The topological polar surface area (TPSA) is 20.2 Å². The lowest BCUT2D eigenvalue weighted by Gasteiger charge is -2.59. The van der Waals surface area contributed by atoms with Gasteiger partial charge in [0.05, 0.1) is 0 Å². The molecule has 3 aliphatic carbocycles. The summed E-state index contributed by atoms with van der Waals surface area (Å²) in [5.74, 6) is 2.92.